The molecule has 1 aromatic heterocycles. The first-order valence-corrected chi connectivity index (χ1v) is 11.0. The van der Waals surface area contributed by atoms with Crippen LogP contribution in [0.15, 0.2) is 53.3 Å². The van der Waals surface area contributed by atoms with Crippen LogP contribution >= 0.6 is 12.2 Å². The first-order valence-electron chi connectivity index (χ1n) is 10.6. The lowest BCUT2D eigenvalue weighted by Crippen LogP contribution is -2.44. The maximum atomic E-state index is 12.9. The lowest BCUT2D eigenvalue weighted by molar-refractivity contribution is 0.320. The second kappa shape index (κ2) is 10.1. The van der Waals surface area contributed by atoms with Crippen molar-refractivity contribution in [3.05, 3.63) is 81.1 Å². The molecule has 0 aliphatic rings. The van der Waals surface area contributed by atoms with Crippen LogP contribution in [0.25, 0.3) is 10.9 Å². The molecule has 2 N–H and O–H groups in total. The average Bonchev–Trinajstić information content (AvgIpc) is 2.72. The molecule has 1 heterocycles. The Morgan fingerprint density at radius 1 is 1.10 bits per heavy atom. The quantitative estimate of drug-likeness (QED) is 0.545. The Bertz CT molecular complexity index is 1110. The van der Waals surface area contributed by atoms with Gasteiger partial charge in [0.15, 0.2) is 5.11 Å². The number of aryl methyl sites for hydroxylation is 2. The topological polar surface area (TPSA) is 51.4 Å². The number of H-pyrrole nitrogens is 1. The third-order valence-electron chi connectivity index (χ3n) is 5.48. The molecule has 3 aromatic rings. The maximum Gasteiger partial charge on any atom is 0.253 e. The van der Waals surface area contributed by atoms with E-state index in [-0.39, 0.29) is 11.6 Å². The number of nitrogens with one attached hydrogen (secondary N) is 2. The summed E-state index contributed by atoms with van der Waals surface area (Å²) in [6.45, 7) is 8.22. The van der Waals surface area contributed by atoms with E-state index in [0.717, 1.165) is 29.6 Å². The largest absolute Gasteiger partial charge is 0.356 e. The van der Waals surface area contributed by atoms with Crippen molar-refractivity contribution >= 4 is 28.2 Å². The molecule has 1 atom stereocenters. The minimum absolute atomic E-state index is 0.0618. The molecule has 0 saturated heterocycles. The summed E-state index contributed by atoms with van der Waals surface area (Å²) in [4.78, 5) is 20.1. The zero-order valence-electron chi connectivity index (χ0n) is 19.0. The Morgan fingerprint density at radius 3 is 2.48 bits per heavy atom. The predicted octanol–water partition coefficient (Wildman–Crippen LogP) is 4.14. The van der Waals surface area contributed by atoms with E-state index in [1.165, 1.54) is 11.1 Å². The molecule has 0 amide bonds. The summed E-state index contributed by atoms with van der Waals surface area (Å²) in [5.74, 6) is 0. The Morgan fingerprint density at radius 2 is 1.81 bits per heavy atom. The van der Waals surface area contributed by atoms with Crippen molar-refractivity contribution in [3.63, 3.8) is 0 Å². The lowest BCUT2D eigenvalue weighted by Gasteiger charge is -2.29. The smallest absolute Gasteiger partial charge is 0.253 e. The highest BCUT2D eigenvalue weighted by Crippen LogP contribution is 2.19. The molecule has 164 valence electrons. The van der Waals surface area contributed by atoms with E-state index in [1.54, 1.807) is 0 Å². The number of nitrogens with zero attached hydrogens (tertiary/aromatic N) is 2. The molecule has 0 bridgehead atoms. The molecule has 6 heteroatoms. The summed E-state index contributed by atoms with van der Waals surface area (Å²) in [5, 5.41) is 5.14. The van der Waals surface area contributed by atoms with E-state index in [1.807, 2.05) is 45.3 Å². The van der Waals surface area contributed by atoms with Crippen LogP contribution in [-0.2, 0) is 6.54 Å². The fraction of sp³-hybridized carbons (Fsp3) is 0.360. The van der Waals surface area contributed by atoms with Gasteiger partial charge in [-0.25, -0.2) is 0 Å². The first-order chi connectivity index (χ1) is 14.7. The summed E-state index contributed by atoms with van der Waals surface area (Å²) in [7, 11) is 4.07. The van der Waals surface area contributed by atoms with Gasteiger partial charge in [-0.2, -0.15) is 0 Å². The maximum absolute atomic E-state index is 12.9. The van der Waals surface area contributed by atoms with Gasteiger partial charge < -0.3 is 20.1 Å². The molecular weight excluding hydrogens is 404 g/mol. The summed E-state index contributed by atoms with van der Waals surface area (Å²) >= 11 is 5.77. The van der Waals surface area contributed by atoms with Crippen molar-refractivity contribution in [1.82, 2.24) is 20.1 Å². The summed E-state index contributed by atoms with van der Waals surface area (Å²) < 4.78 is 0. The van der Waals surface area contributed by atoms with Crippen molar-refractivity contribution in [1.29, 1.82) is 0 Å². The number of hydrogen-bond acceptors (Lipinski definition) is 3. The molecule has 0 aliphatic heterocycles. The number of fused-ring (bicyclic) bond motifs is 1. The van der Waals surface area contributed by atoms with E-state index in [0.29, 0.717) is 17.2 Å². The zero-order chi connectivity index (χ0) is 22.5. The van der Waals surface area contributed by atoms with Crippen LogP contribution in [0, 0.1) is 13.8 Å². The van der Waals surface area contributed by atoms with Crippen molar-refractivity contribution < 1.29 is 0 Å². The van der Waals surface area contributed by atoms with Gasteiger partial charge in [0.1, 0.15) is 0 Å². The summed E-state index contributed by atoms with van der Waals surface area (Å²) in [6.07, 6.45) is 0. The molecular formula is C25H32N4OS. The average molecular weight is 437 g/mol. The number of hydrogen-bond donors (Lipinski definition) is 2. The fourth-order valence-corrected chi connectivity index (χ4v) is 4.06. The van der Waals surface area contributed by atoms with Crippen LogP contribution in [0.4, 0.5) is 0 Å². The van der Waals surface area contributed by atoms with Gasteiger partial charge in [0.05, 0.1) is 18.1 Å². The molecule has 0 radical (unpaired) electrons. The van der Waals surface area contributed by atoms with Crippen LogP contribution < -0.4 is 10.9 Å². The standard InChI is InChI=1S/C25H32N4OS/c1-17-13-18(2)23-21(14-17)15-22(24(30)27-23)16-29(12-11-28(4)5)25(31)26-19(3)20-9-7-6-8-10-20/h6-10,13-15,19H,11-12,16H2,1-5H3,(H,26,31)(H,27,30)/t19-/m0/s1. The van der Waals surface area contributed by atoms with Crippen molar-refractivity contribution in [3.8, 4) is 0 Å². The van der Waals surface area contributed by atoms with E-state index in [4.69, 9.17) is 12.2 Å². The van der Waals surface area contributed by atoms with E-state index >= 15 is 0 Å². The molecule has 2 aromatic carbocycles. The molecule has 31 heavy (non-hydrogen) atoms. The van der Waals surface area contributed by atoms with Crippen LogP contribution in [0.1, 0.15) is 35.2 Å². The molecule has 0 fully saturated rings. The number of likely N-dealkylation sites (N-methyl/N-ethyl adjacent to an activating group) is 1. The molecule has 3 rings (SSSR count). The van der Waals surface area contributed by atoms with Crippen molar-refractivity contribution in [2.24, 2.45) is 0 Å². The van der Waals surface area contributed by atoms with Gasteiger partial charge in [-0.1, -0.05) is 42.0 Å². The Hall–Kier alpha value is -2.70. The van der Waals surface area contributed by atoms with Gasteiger partial charge in [-0.15, -0.1) is 0 Å². The predicted molar refractivity (Wildman–Crippen MR) is 134 cm³/mol. The highest BCUT2D eigenvalue weighted by atomic mass is 32.1. The van der Waals surface area contributed by atoms with E-state index in [2.05, 4.69) is 58.2 Å². The van der Waals surface area contributed by atoms with Gasteiger partial charge in [-0.05, 0) is 75.7 Å². The number of thiocarbonyl (C=S) groups is 1. The van der Waals surface area contributed by atoms with Gasteiger partial charge >= 0.3 is 0 Å². The number of aromatic nitrogens is 1. The van der Waals surface area contributed by atoms with Crippen molar-refractivity contribution in [2.45, 2.75) is 33.4 Å². The van der Waals surface area contributed by atoms with Crippen LogP contribution in [0.3, 0.4) is 0 Å². The fourth-order valence-electron chi connectivity index (χ4n) is 3.73. The molecule has 0 spiro atoms. The minimum Gasteiger partial charge on any atom is -0.356 e. The Balaban J connectivity index is 1.86. The second-order valence-corrected chi connectivity index (χ2v) is 8.86. The van der Waals surface area contributed by atoms with Gasteiger partial charge in [0.2, 0.25) is 0 Å². The first kappa shape index (κ1) is 23.0. The van der Waals surface area contributed by atoms with Gasteiger partial charge in [0.25, 0.3) is 5.56 Å². The van der Waals surface area contributed by atoms with Crippen LogP contribution in [-0.4, -0.2) is 47.1 Å². The summed E-state index contributed by atoms with van der Waals surface area (Å²) in [5.41, 5.74) is 4.99. The zero-order valence-corrected chi connectivity index (χ0v) is 19.8. The van der Waals surface area contributed by atoms with E-state index < -0.39 is 0 Å². The second-order valence-electron chi connectivity index (χ2n) is 8.48. The number of benzene rings is 2. The number of rotatable bonds is 7. The normalized spacial score (nSPS) is 12.2. The van der Waals surface area contributed by atoms with Crippen LogP contribution in [0.5, 0.6) is 0 Å². The Labute approximate surface area is 190 Å². The Kier molecular flexibility index (Phi) is 7.46. The monoisotopic (exact) mass is 436 g/mol. The summed E-state index contributed by atoms with van der Waals surface area (Å²) in [6, 6.07) is 16.5. The minimum atomic E-state index is -0.0618. The third-order valence-corrected chi connectivity index (χ3v) is 5.85. The molecule has 0 saturated carbocycles. The highest BCUT2D eigenvalue weighted by Gasteiger charge is 2.16. The van der Waals surface area contributed by atoms with E-state index in [9.17, 15) is 4.79 Å². The number of aromatic amines is 1. The van der Waals surface area contributed by atoms with Crippen LogP contribution in [0.2, 0.25) is 0 Å². The third kappa shape index (κ3) is 5.93. The molecule has 0 unspecified atom stereocenters. The van der Waals surface area contributed by atoms with Gasteiger partial charge in [0, 0.05) is 18.7 Å². The molecule has 5 nitrogen and oxygen atoms in total. The molecule has 0 aliphatic carbocycles. The SMILES string of the molecule is Cc1cc(C)c2[nH]c(=O)c(CN(CCN(C)C)C(=S)N[C@@H](C)c3ccccc3)cc2c1. The number of pyridine rings is 1. The van der Waals surface area contributed by atoms with Gasteiger partial charge in [-0.3, -0.25) is 4.79 Å². The van der Waals surface area contributed by atoms with Crippen molar-refractivity contribution in [2.75, 3.05) is 27.2 Å². The highest BCUT2D eigenvalue weighted by molar-refractivity contribution is 7.80. The lowest BCUT2D eigenvalue weighted by atomic mass is 10.1.